The van der Waals surface area contributed by atoms with Gasteiger partial charge >= 0.3 is 5.97 Å². The van der Waals surface area contributed by atoms with E-state index < -0.39 is 5.97 Å². The number of furan rings is 1. The molecule has 1 aromatic rings. The van der Waals surface area contributed by atoms with Gasteiger partial charge in [0.25, 0.3) is 0 Å². The number of carbonyl (C=O) groups is 2. The summed E-state index contributed by atoms with van der Waals surface area (Å²) in [5.74, 6) is 0.875. The van der Waals surface area contributed by atoms with Gasteiger partial charge in [0.2, 0.25) is 5.91 Å². The fraction of sp³-hybridized carbons (Fsp3) is 0.500. The lowest BCUT2D eigenvalue weighted by Gasteiger charge is -2.00. The first-order valence-corrected chi connectivity index (χ1v) is 5.57. The molecule has 1 saturated carbocycles. The topological polar surface area (TPSA) is 68.5 Å². The highest BCUT2D eigenvalue weighted by Gasteiger charge is 2.29. The van der Waals surface area contributed by atoms with Crippen LogP contribution in [0.4, 0.5) is 0 Å². The molecular weight excluding hydrogens is 222 g/mol. The molecule has 0 aromatic carbocycles. The summed E-state index contributed by atoms with van der Waals surface area (Å²) in [5.41, 5.74) is 0.406. The minimum absolute atomic E-state index is 0.0543. The molecule has 17 heavy (non-hydrogen) atoms. The average Bonchev–Trinajstić information content (AvgIpc) is 3.09. The minimum atomic E-state index is -0.425. The normalized spacial score (nSPS) is 14.5. The van der Waals surface area contributed by atoms with E-state index in [0.717, 1.165) is 12.8 Å². The summed E-state index contributed by atoms with van der Waals surface area (Å²) in [4.78, 5) is 22.8. The lowest BCUT2D eigenvalue weighted by molar-refractivity contribution is -0.122. The second kappa shape index (κ2) is 4.61. The third-order valence-corrected chi connectivity index (χ3v) is 2.76. The molecular formula is C12H15NO4. The van der Waals surface area contributed by atoms with Crippen molar-refractivity contribution in [2.24, 2.45) is 5.92 Å². The molecule has 0 unspecified atom stereocenters. The number of rotatable bonds is 4. The van der Waals surface area contributed by atoms with Crippen LogP contribution in [-0.4, -0.2) is 19.0 Å². The molecule has 1 amide bonds. The quantitative estimate of drug-likeness (QED) is 0.804. The lowest BCUT2D eigenvalue weighted by Crippen LogP contribution is -2.23. The van der Waals surface area contributed by atoms with Crippen molar-refractivity contribution in [1.82, 2.24) is 5.32 Å². The molecule has 2 rings (SSSR count). The molecule has 5 nitrogen and oxygen atoms in total. The number of ether oxygens (including phenoxy) is 1. The van der Waals surface area contributed by atoms with Gasteiger partial charge in [-0.05, 0) is 25.8 Å². The maximum Gasteiger partial charge on any atom is 0.341 e. The van der Waals surface area contributed by atoms with Crippen LogP contribution in [0.5, 0.6) is 0 Å². The number of carbonyl (C=O) groups excluding carboxylic acids is 2. The van der Waals surface area contributed by atoms with Gasteiger partial charge in [-0.1, -0.05) is 0 Å². The minimum Gasteiger partial charge on any atom is -0.465 e. The average molecular weight is 237 g/mol. The standard InChI is InChI=1S/C12H15NO4/c1-7-10(12(15)16-2)5-9(17-7)6-13-11(14)8-3-4-8/h5,8H,3-4,6H2,1-2H3,(H,13,14). The van der Waals surface area contributed by atoms with Gasteiger partial charge in [0.05, 0.1) is 13.7 Å². The van der Waals surface area contributed by atoms with Gasteiger partial charge in [0.15, 0.2) is 0 Å². The molecule has 0 saturated heterocycles. The van der Waals surface area contributed by atoms with Gasteiger partial charge in [-0.15, -0.1) is 0 Å². The fourth-order valence-corrected chi connectivity index (χ4v) is 1.61. The van der Waals surface area contributed by atoms with Crippen LogP contribution in [0.15, 0.2) is 10.5 Å². The van der Waals surface area contributed by atoms with E-state index in [-0.39, 0.29) is 11.8 Å². The molecule has 0 bridgehead atoms. The summed E-state index contributed by atoms with van der Waals surface area (Å²) >= 11 is 0. The fourth-order valence-electron chi connectivity index (χ4n) is 1.61. The summed E-state index contributed by atoms with van der Waals surface area (Å²) in [5, 5.41) is 2.77. The maximum absolute atomic E-state index is 11.4. The molecule has 1 heterocycles. The molecule has 1 fully saturated rings. The number of amides is 1. The molecule has 1 aliphatic carbocycles. The Bertz CT molecular complexity index is 445. The highest BCUT2D eigenvalue weighted by Crippen LogP contribution is 2.28. The first kappa shape index (κ1) is 11.7. The first-order valence-electron chi connectivity index (χ1n) is 5.57. The third kappa shape index (κ3) is 2.67. The van der Waals surface area contributed by atoms with E-state index >= 15 is 0 Å². The molecule has 1 aromatic heterocycles. The number of hydrogen-bond donors (Lipinski definition) is 1. The van der Waals surface area contributed by atoms with Crippen molar-refractivity contribution >= 4 is 11.9 Å². The zero-order chi connectivity index (χ0) is 12.4. The molecule has 1 aliphatic rings. The van der Waals surface area contributed by atoms with Crippen molar-refractivity contribution in [1.29, 1.82) is 0 Å². The molecule has 92 valence electrons. The van der Waals surface area contributed by atoms with E-state index in [4.69, 9.17) is 4.42 Å². The van der Waals surface area contributed by atoms with Gasteiger partial charge in [0.1, 0.15) is 17.1 Å². The monoisotopic (exact) mass is 237 g/mol. The van der Waals surface area contributed by atoms with Crippen LogP contribution in [0.3, 0.4) is 0 Å². The van der Waals surface area contributed by atoms with Crippen LogP contribution >= 0.6 is 0 Å². The summed E-state index contributed by atoms with van der Waals surface area (Å²) in [6, 6.07) is 1.61. The van der Waals surface area contributed by atoms with E-state index in [1.54, 1.807) is 13.0 Å². The Morgan fingerprint density at radius 3 is 2.82 bits per heavy atom. The highest BCUT2D eigenvalue weighted by atomic mass is 16.5. The van der Waals surface area contributed by atoms with Crippen molar-refractivity contribution in [2.45, 2.75) is 26.3 Å². The summed E-state index contributed by atoms with van der Waals surface area (Å²) in [6.07, 6.45) is 1.94. The zero-order valence-electron chi connectivity index (χ0n) is 9.91. The maximum atomic E-state index is 11.4. The number of esters is 1. The van der Waals surface area contributed by atoms with Crippen LogP contribution < -0.4 is 5.32 Å². The van der Waals surface area contributed by atoms with E-state index in [2.05, 4.69) is 10.1 Å². The van der Waals surface area contributed by atoms with E-state index in [0.29, 0.717) is 23.6 Å². The third-order valence-electron chi connectivity index (χ3n) is 2.76. The van der Waals surface area contributed by atoms with E-state index in [9.17, 15) is 9.59 Å². The highest BCUT2D eigenvalue weighted by molar-refractivity contribution is 5.90. The predicted octanol–water partition coefficient (Wildman–Crippen LogP) is 1.40. The lowest BCUT2D eigenvalue weighted by atomic mass is 10.2. The first-order chi connectivity index (χ1) is 8.11. The zero-order valence-corrected chi connectivity index (χ0v) is 9.91. The van der Waals surface area contributed by atoms with Gasteiger partial charge in [-0.25, -0.2) is 4.79 Å². The number of nitrogens with one attached hydrogen (secondary N) is 1. The van der Waals surface area contributed by atoms with Crippen molar-refractivity contribution in [3.8, 4) is 0 Å². The predicted molar refractivity (Wildman–Crippen MR) is 59.4 cm³/mol. The largest absolute Gasteiger partial charge is 0.465 e. The van der Waals surface area contributed by atoms with E-state index in [1.165, 1.54) is 7.11 Å². The van der Waals surface area contributed by atoms with Crippen molar-refractivity contribution < 1.29 is 18.7 Å². The Morgan fingerprint density at radius 2 is 2.24 bits per heavy atom. The summed E-state index contributed by atoms with van der Waals surface area (Å²) < 4.78 is 9.99. The van der Waals surface area contributed by atoms with Gasteiger partial charge in [0, 0.05) is 5.92 Å². The molecule has 0 radical (unpaired) electrons. The van der Waals surface area contributed by atoms with Crippen molar-refractivity contribution in [3.05, 3.63) is 23.2 Å². The molecule has 0 atom stereocenters. The summed E-state index contributed by atoms with van der Waals surface area (Å²) in [7, 11) is 1.32. The van der Waals surface area contributed by atoms with Crippen LogP contribution in [0.2, 0.25) is 0 Å². The van der Waals surface area contributed by atoms with Crippen molar-refractivity contribution in [2.75, 3.05) is 7.11 Å². The Hall–Kier alpha value is -1.78. The molecule has 1 N–H and O–H groups in total. The van der Waals surface area contributed by atoms with Crippen molar-refractivity contribution in [3.63, 3.8) is 0 Å². The number of hydrogen-bond acceptors (Lipinski definition) is 4. The second-order valence-corrected chi connectivity index (χ2v) is 4.17. The molecule has 0 spiro atoms. The van der Waals surface area contributed by atoms with Gasteiger partial charge < -0.3 is 14.5 Å². The number of methoxy groups -OCH3 is 1. The van der Waals surface area contributed by atoms with Crippen LogP contribution in [0, 0.1) is 12.8 Å². The Labute approximate surface area is 99.1 Å². The van der Waals surface area contributed by atoms with Gasteiger partial charge in [-0.2, -0.15) is 0 Å². The second-order valence-electron chi connectivity index (χ2n) is 4.17. The molecule has 0 aliphatic heterocycles. The van der Waals surface area contributed by atoms with E-state index in [1.807, 2.05) is 0 Å². The Morgan fingerprint density at radius 1 is 1.53 bits per heavy atom. The van der Waals surface area contributed by atoms with Crippen LogP contribution in [0.25, 0.3) is 0 Å². The van der Waals surface area contributed by atoms with Gasteiger partial charge in [-0.3, -0.25) is 4.79 Å². The summed E-state index contributed by atoms with van der Waals surface area (Å²) in [6.45, 7) is 2.01. The number of aryl methyl sites for hydroxylation is 1. The Balaban J connectivity index is 1.96. The van der Waals surface area contributed by atoms with Crippen LogP contribution in [0.1, 0.15) is 34.7 Å². The molecule has 5 heteroatoms. The SMILES string of the molecule is COC(=O)c1cc(CNC(=O)C2CC2)oc1C. The van der Waals surface area contributed by atoms with Crippen LogP contribution in [-0.2, 0) is 16.1 Å². The smallest absolute Gasteiger partial charge is 0.341 e. The Kier molecular flexibility index (Phi) is 3.17.